The van der Waals surface area contributed by atoms with Gasteiger partial charge in [0.05, 0.1) is 0 Å². The number of thioether (sulfide) groups is 1. The van der Waals surface area contributed by atoms with Crippen molar-refractivity contribution in [3.8, 4) is 0 Å². The lowest BCUT2D eigenvalue weighted by Crippen LogP contribution is -2.39. The largest absolute Gasteiger partial charge is 0.477 e. The number of nitrogens with one attached hydrogen (secondary N) is 1. The molecule has 0 atom stereocenters. The molecular weight excluding hydrogens is 278 g/mol. The maximum absolute atomic E-state index is 11.9. The Morgan fingerprint density at radius 2 is 2.15 bits per heavy atom. The number of amides is 1. The molecule has 0 aliphatic carbocycles. The summed E-state index contributed by atoms with van der Waals surface area (Å²) < 4.78 is 0. The van der Waals surface area contributed by atoms with E-state index in [-0.39, 0.29) is 11.6 Å². The first kappa shape index (κ1) is 14.8. The molecule has 0 bridgehead atoms. The Morgan fingerprint density at radius 1 is 1.40 bits per heavy atom. The molecule has 2 rings (SSSR count). The number of carbonyl (C=O) groups is 2. The summed E-state index contributed by atoms with van der Waals surface area (Å²) in [6.45, 7) is 3.50. The highest BCUT2D eigenvalue weighted by Gasteiger charge is 2.12. The summed E-state index contributed by atoms with van der Waals surface area (Å²) in [5.74, 6) is 0.882. The van der Waals surface area contributed by atoms with Crippen LogP contribution in [0.4, 0.5) is 0 Å². The maximum atomic E-state index is 11.9. The minimum absolute atomic E-state index is 0.120. The Morgan fingerprint density at radius 3 is 2.85 bits per heavy atom. The zero-order valence-electron chi connectivity index (χ0n) is 11.0. The van der Waals surface area contributed by atoms with Crippen molar-refractivity contribution in [1.82, 2.24) is 15.2 Å². The van der Waals surface area contributed by atoms with Crippen molar-refractivity contribution in [2.45, 2.75) is 0 Å². The predicted molar refractivity (Wildman–Crippen MR) is 77.3 cm³/mol. The van der Waals surface area contributed by atoms with Gasteiger partial charge in [0.15, 0.2) is 0 Å². The predicted octanol–water partition coefficient (Wildman–Crippen LogP) is 0.558. The van der Waals surface area contributed by atoms with Crippen LogP contribution in [0.2, 0.25) is 0 Å². The van der Waals surface area contributed by atoms with E-state index in [9.17, 15) is 9.59 Å². The first-order valence-electron chi connectivity index (χ1n) is 6.44. The van der Waals surface area contributed by atoms with Gasteiger partial charge in [0.2, 0.25) is 0 Å². The van der Waals surface area contributed by atoms with Crippen LogP contribution >= 0.6 is 11.8 Å². The average Bonchev–Trinajstić information content (AvgIpc) is 2.48. The van der Waals surface area contributed by atoms with Gasteiger partial charge >= 0.3 is 5.97 Å². The van der Waals surface area contributed by atoms with Crippen LogP contribution in [0.15, 0.2) is 18.3 Å². The zero-order valence-corrected chi connectivity index (χ0v) is 11.9. The number of rotatable bonds is 5. The summed E-state index contributed by atoms with van der Waals surface area (Å²) in [7, 11) is 0. The molecule has 0 radical (unpaired) electrons. The fourth-order valence-corrected chi connectivity index (χ4v) is 2.92. The minimum Gasteiger partial charge on any atom is -0.477 e. The number of carboxylic acid groups (broad SMARTS) is 1. The maximum Gasteiger partial charge on any atom is 0.354 e. The Balaban J connectivity index is 1.82. The van der Waals surface area contributed by atoms with E-state index in [1.807, 2.05) is 11.8 Å². The molecule has 0 saturated carbocycles. The summed E-state index contributed by atoms with van der Waals surface area (Å²) in [5.41, 5.74) is 0.206. The number of carboxylic acids is 1. The molecule has 1 aliphatic heterocycles. The molecule has 2 heterocycles. The average molecular weight is 295 g/mol. The topological polar surface area (TPSA) is 82.5 Å². The van der Waals surface area contributed by atoms with Crippen LogP contribution in [-0.4, -0.2) is 64.6 Å². The van der Waals surface area contributed by atoms with Crippen LogP contribution in [-0.2, 0) is 0 Å². The normalized spacial score (nSPS) is 15.8. The van der Waals surface area contributed by atoms with Crippen molar-refractivity contribution in [3.63, 3.8) is 0 Å². The second-order valence-corrected chi connectivity index (χ2v) is 5.67. The molecular formula is C13H17N3O3S. The van der Waals surface area contributed by atoms with E-state index in [4.69, 9.17) is 5.11 Å². The van der Waals surface area contributed by atoms with Gasteiger partial charge in [0, 0.05) is 49.4 Å². The third-order valence-electron chi connectivity index (χ3n) is 3.06. The van der Waals surface area contributed by atoms with Gasteiger partial charge in [-0.1, -0.05) is 0 Å². The van der Waals surface area contributed by atoms with Crippen LogP contribution in [0.25, 0.3) is 0 Å². The van der Waals surface area contributed by atoms with Crippen LogP contribution in [0, 0.1) is 0 Å². The number of aromatic carboxylic acids is 1. The van der Waals surface area contributed by atoms with Gasteiger partial charge in [-0.25, -0.2) is 9.78 Å². The quantitative estimate of drug-likeness (QED) is 0.826. The first-order chi connectivity index (χ1) is 9.66. The van der Waals surface area contributed by atoms with Gasteiger partial charge in [-0.2, -0.15) is 11.8 Å². The van der Waals surface area contributed by atoms with Crippen molar-refractivity contribution in [2.75, 3.05) is 37.7 Å². The van der Waals surface area contributed by atoms with Crippen LogP contribution < -0.4 is 5.32 Å². The van der Waals surface area contributed by atoms with Gasteiger partial charge in [0.25, 0.3) is 5.91 Å². The highest BCUT2D eigenvalue weighted by molar-refractivity contribution is 7.99. The third kappa shape index (κ3) is 4.21. The molecule has 0 aromatic carbocycles. The van der Waals surface area contributed by atoms with Gasteiger partial charge in [-0.3, -0.25) is 9.69 Å². The Bertz CT molecular complexity index is 490. The molecule has 20 heavy (non-hydrogen) atoms. The van der Waals surface area contributed by atoms with Crippen molar-refractivity contribution in [3.05, 3.63) is 29.6 Å². The molecule has 0 spiro atoms. The molecule has 1 aliphatic rings. The Kier molecular flexibility index (Phi) is 5.37. The van der Waals surface area contributed by atoms with Crippen molar-refractivity contribution in [1.29, 1.82) is 0 Å². The van der Waals surface area contributed by atoms with Crippen LogP contribution in [0.3, 0.4) is 0 Å². The van der Waals surface area contributed by atoms with Crippen molar-refractivity contribution in [2.24, 2.45) is 0 Å². The number of nitrogens with zero attached hydrogens (tertiary/aromatic N) is 2. The molecule has 1 saturated heterocycles. The number of aromatic nitrogens is 1. The third-order valence-corrected chi connectivity index (χ3v) is 4.00. The summed E-state index contributed by atoms with van der Waals surface area (Å²) in [5, 5.41) is 11.6. The molecule has 1 amide bonds. The molecule has 108 valence electrons. The first-order valence-corrected chi connectivity index (χ1v) is 7.60. The molecule has 6 nitrogen and oxygen atoms in total. The Labute approximate surface area is 121 Å². The minimum atomic E-state index is -1.13. The van der Waals surface area contributed by atoms with E-state index < -0.39 is 5.97 Å². The van der Waals surface area contributed by atoms with E-state index in [1.165, 1.54) is 18.3 Å². The summed E-state index contributed by atoms with van der Waals surface area (Å²) >= 11 is 1.95. The molecule has 1 aromatic heterocycles. The molecule has 0 unspecified atom stereocenters. The lowest BCUT2D eigenvalue weighted by atomic mass is 10.2. The van der Waals surface area contributed by atoms with Crippen molar-refractivity contribution >= 4 is 23.6 Å². The monoisotopic (exact) mass is 295 g/mol. The lowest BCUT2D eigenvalue weighted by Gasteiger charge is -2.25. The van der Waals surface area contributed by atoms with Crippen LogP contribution in [0.5, 0.6) is 0 Å². The zero-order chi connectivity index (χ0) is 14.4. The van der Waals surface area contributed by atoms with Crippen LogP contribution in [0.1, 0.15) is 20.8 Å². The van der Waals surface area contributed by atoms with Gasteiger partial charge in [0.1, 0.15) is 5.69 Å². The Hall–Kier alpha value is -1.60. The molecule has 7 heteroatoms. The number of pyridine rings is 1. The number of carbonyl (C=O) groups excluding carboxylic acids is 1. The second kappa shape index (κ2) is 7.25. The number of hydrogen-bond donors (Lipinski definition) is 2. The summed E-state index contributed by atoms with van der Waals surface area (Å²) in [6, 6.07) is 2.80. The van der Waals surface area contributed by atoms with E-state index >= 15 is 0 Å². The van der Waals surface area contributed by atoms with Gasteiger partial charge in [-0.15, -0.1) is 0 Å². The lowest BCUT2D eigenvalue weighted by molar-refractivity contribution is 0.0690. The highest BCUT2D eigenvalue weighted by Crippen LogP contribution is 2.08. The van der Waals surface area contributed by atoms with E-state index in [2.05, 4.69) is 15.2 Å². The van der Waals surface area contributed by atoms with Gasteiger partial charge < -0.3 is 10.4 Å². The fourth-order valence-electron chi connectivity index (χ4n) is 1.94. The number of hydrogen-bond acceptors (Lipinski definition) is 5. The standard InChI is InChI=1S/C13H17N3O3S/c17-12(10-1-2-14-11(9-10)13(18)19)15-3-4-16-5-7-20-8-6-16/h1-2,9H,3-8H2,(H,15,17)(H,18,19). The highest BCUT2D eigenvalue weighted by atomic mass is 32.2. The smallest absolute Gasteiger partial charge is 0.354 e. The van der Waals surface area contributed by atoms with Gasteiger partial charge in [-0.05, 0) is 12.1 Å². The fraction of sp³-hybridized carbons (Fsp3) is 0.462. The summed E-state index contributed by atoms with van der Waals surface area (Å²) in [4.78, 5) is 28.7. The van der Waals surface area contributed by atoms with E-state index in [0.717, 1.165) is 31.1 Å². The summed E-state index contributed by atoms with van der Waals surface area (Å²) in [6.07, 6.45) is 1.33. The SMILES string of the molecule is O=C(NCCN1CCSCC1)c1ccnc(C(=O)O)c1. The molecule has 1 fully saturated rings. The van der Waals surface area contributed by atoms with E-state index in [0.29, 0.717) is 12.1 Å². The van der Waals surface area contributed by atoms with Crippen molar-refractivity contribution < 1.29 is 14.7 Å². The second-order valence-electron chi connectivity index (χ2n) is 4.44. The van der Waals surface area contributed by atoms with E-state index in [1.54, 1.807) is 0 Å². The molecule has 1 aromatic rings. The molecule has 2 N–H and O–H groups in total.